The van der Waals surface area contributed by atoms with Crippen LogP contribution in [0.5, 0.6) is 0 Å². The Morgan fingerprint density at radius 2 is 2.00 bits per heavy atom. The highest BCUT2D eigenvalue weighted by molar-refractivity contribution is 4.80. The predicted octanol–water partition coefficient (Wildman–Crippen LogP) is 2.58. The lowest BCUT2D eigenvalue weighted by atomic mass is 9.89. The number of aliphatic hydroxyl groups excluding tert-OH is 1. The van der Waals surface area contributed by atoms with Gasteiger partial charge in [0.05, 0.1) is 12.2 Å². The molecule has 18 heavy (non-hydrogen) atoms. The molecule has 1 aliphatic heterocycles. The summed E-state index contributed by atoms with van der Waals surface area (Å²) in [7, 11) is 0. The molecule has 0 spiro atoms. The Morgan fingerprint density at radius 1 is 1.33 bits per heavy atom. The van der Waals surface area contributed by atoms with Crippen LogP contribution in [0.4, 0.5) is 0 Å². The molecule has 1 heterocycles. The molecule has 3 nitrogen and oxygen atoms in total. The van der Waals surface area contributed by atoms with E-state index in [-0.39, 0.29) is 11.5 Å². The monoisotopic (exact) mass is 257 g/mol. The fourth-order valence-electron chi connectivity index (χ4n) is 2.56. The Hall–Kier alpha value is -0.120. The van der Waals surface area contributed by atoms with E-state index in [1.807, 2.05) is 0 Å². The van der Waals surface area contributed by atoms with Crippen LogP contribution in [0.25, 0.3) is 0 Å². The SMILES string of the molecule is CC(C)C1CC(NCC(O)CC(C)(C)C)CCO1. The molecule has 3 atom stereocenters. The van der Waals surface area contributed by atoms with E-state index in [1.165, 1.54) is 0 Å². The van der Waals surface area contributed by atoms with Crippen molar-refractivity contribution >= 4 is 0 Å². The van der Waals surface area contributed by atoms with Gasteiger partial charge >= 0.3 is 0 Å². The van der Waals surface area contributed by atoms with Gasteiger partial charge in [0.15, 0.2) is 0 Å². The van der Waals surface area contributed by atoms with Crippen molar-refractivity contribution in [3.8, 4) is 0 Å². The fourth-order valence-corrected chi connectivity index (χ4v) is 2.56. The summed E-state index contributed by atoms with van der Waals surface area (Å²) in [5.41, 5.74) is 0.192. The summed E-state index contributed by atoms with van der Waals surface area (Å²) in [5.74, 6) is 0.578. The third-order valence-electron chi connectivity index (χ3n) is 3.55. The van der Waals surface area contributed by atoms with Crippen LogP contribution in [0.1, 0.15) is 53.9 Å². The number of hydrogen-bond acceptors (Lipinski definition) is 3. The lowest BCUT2D eigenvalue weighted by Gasteiger charge is -2.33. The van der Waals surface area contributed by atoms with Crippen molar-refractivity contribution in [1.29, 1.82) is 0 Å². The molecular weight excluding hydrogens is 226 g/mol. The third kappa shape index (κ3) is 6.17. The van der Waals surface area contributed by atoms with Crippen molar-refractivity contribution in [2.24, 2.45) is 11.3 Å². The molecule has 0 aromatic rings. The summed E-state index contributed by atoms with van der Waals surface area (Å²) in [6, 6.07) is 0.501. The Bertz CT molecular complexity index is 235. The van der Waals surface area contributed by atoms with Gasteiger partial charge in [-0.2, -0.15) is 0 Å². The quantitative estimate of drug-likeness (QED) is 0.795. The van der Waals surface area contributed by atoms with Crippen LogP contribution in [0.3, 0.4) is 0 Å². The Morgan fingerprint density at radius 3 is 2.56 bits per heavy atom. The molecular formula is C15H31NO2. The largest absolute Gasteiger partial charge is 0.392 e. The van der Waals surface area contributed by atoms with Crippen LogP contribution in [0.2, 0.25) is 0 Å². The van der Waals surface area contributed by atoms with Gasteiger partial charge in [-0.05, 0) is 30.6 Å². The van der Waals surface area contributed by atoms with E-state index in [4.69, 9.17) is 4.74 Å². The van der Waals surface area contributed by atoms with Crippen molar-refractivity contribution in [3.63, 3.8) is 0 Å². The van der Waals surface area contributed by atoms with Gasteiger partial charge in [-0.15, -0.1) is 0 Å². The number of hydrogen-bond donors (Lipinski definition) is 2. The van der Waals surface area contributed by atoms with Crippen LogP contribution in [0, 0.1) is 11.3 Å². The second-order valence-corrected chi connectivity index (χ2v) is 7.20. The van der Waals surface area contributed by atoms with Crippen molar-refractivity contribution in [3.05, 3.63) is 0 Å². The Kier molecular flexibility index (Phi) is 6.09. The number of rotatable bonds is 5. The molecule has 1 rings (SSSR count). The van der Waals surface area contributed by atoms with Crippen molar-refractivity contribution < 1.29 is 9.84 Å². The second-order valence-electron chi connectivity index (χ2n) is 7.20. The van der Waals surface area contributed by atoms with Crippen LogP contribution in [-0.2, 0) is 4.74 Å². The summed E-state index contributed by atoms with van der Waals surface area (Å²) in [6.45, 7) is 12.5. The number of aliphatic hydroxyl groups is 1. The molecule has 0 bridgehead atoms. The zero-order chi connectivity index (χ0) is 13.8. The van der Waals surface area contributed by atoms with E-state index in [9.17, 15) is 5.11 Å². The van der Waals surface area contributed by atoms with E-state index < -0.39 is 0 Å². The summed E-state index contributed by atoms with van der Waals surface area (Å²) >= 11 is 0. The summed E-state index contributed by atoms with van der Waals surface area (Å²) in [6.07, 6.45) is 3.10. The highest BCUT2D eigenvalue weighted by atomic mass is 16.5. The van der Waals surface area contributed by atoms with Crippen LogP contribution >= 0.6 is 0 Å². The van der Waals surface area contributed by atoms with Gasteiger partial charge in [-0.25, -0.2) is 0 Å². The van der Waals surface area contributed by atoms with Gasteiger partial charge in [0, 0.05) is 19.2 Å². The molecule has 0 amide bonds. The first kappa shape index (κ1) is 15.9. The van der Waals surface area contributed by atoms with Gasteiger partial charge in [-0.3, -0.25) is 0 Å². The minimum atomic E-state index is -0.245. The lowest BCUT2D eigenvalue weighted by molar-refractivity contribution is -0.0262. The van der Waals surface area contributed by atoms with Gasteiger partial charge in [0.1, 0.15) is 0 Å². The van der Waals surface area contributed by atoms with Gasteiger partial charge in [-0.1, -0.05) is 34.6 Å². The number of ether oxygens (including phenoxy) is 1. The first-order valence-corrected chi connectivity index (χ1v) is 7.31. The average molecular weight is 257 g/mol. The van der Waals surface area contributed by atoms with Gasteiger partial charge in [0.2, 0.25) is 0 Å². The minimum absolute atomic E-state index is 0.192. The second kappa shape index (κ2) is 6.88. The maximum absolute atomic E-state index is 10.00. The zero-order valence-electron chi connectivity index (χ0n) is 12.7. The predicted molar refractivity (Wildman–Crippen MR) is 75.7 cm³/mol. The van der Waals surface area contributed by atoms with Crippen molar-refractivity contribution in [1.82, 2.24) is 5.32 Å². The van der Waals surface area contributed by atoms with E-state index in [0.717, 1.165) is 25.9 Å². The van der Waals surface area contributed by atoms with Crippen LogP contribution in [0.15, 0.2) is 0 Å². The summed E-state index contributed by atoms with van der Waals surface area (Å²) < 4.78 is 5.75. The molecule has 0 saturated carbocycles. The fraction of sp³-hybridized carbons (Fsp3) is 1.00. The Labute approximate surface area is 112 Å². The molecule has 0 radical (unpaired) electrons. The summed E-state index contributed by atoms with van der Waals surface area (Å²) in [5, 5.41) is 13.5. The molecule has 3 heteroatoms. The van der Waals surface area contributed by atoms with E-state index in [1.54, 1.807) is 0 Å². The average Bonchev–Trinajstić information content (AvgIpc) is 2.24. The van der Waals surface area contributed by atoms with E-state index in [2.05, 4.69) is 39.9 Å². The molecule has 0 aromatic carbocycles. The van der Waals surface area contributed by atoms with Crippen LogP contribution < -0.4 is 5.32 Å². The number of nitrogens with one attached hydrogen (secondary N) is 1. The molecule has 1 aliphatic rings. The van der Waals surface area contributed by atoms with Gasteiger partial charge < -0.3 is 15.2 Å². The molecule has 3 unspecified atom stereocenters. The molecule has 0 aromatic heterocycles. The lowest BCUT2D eigenvalue weighted by Crippen LogP contribution is -2.43. The molecule has 1 fully saturated rings. The van der Waals surface area contributed by atoms with E-state index in [0.29, 0.717) is 24.6 Å². The van der Waals surface area contributed by atoms with E-state index >= 15 is 0 Å². The molecule has 1 saturated heterocycles. The highest BCUT2D eigenvalue weighted by Gasteiger charge is 2.25. The first-order valence-electron chi connectivity index (χ1n) is 7.31. The maximum atomic E-state index is 10.00. The Balaban J connectivity index is 2.26. The topological polar surface area (TPSA) is 41.5 Å². The van der Waals surface area contributed by atoms with Gasteiger partial charge in [0.25, 0.3) is 0 Å². The minimum Gasteiger partial charge on any atom is -0.392 e. The maximum Gasteiger partial charge on any atom is 0.0669 e. The third-order valence-corrected chi connectivity index (χ3v) is 3.55. The molecule has 0 aliphatic carbocycles. The zero-order valence-corrected chi connectivity index (χ0v) is 12.7. The normalized spacial score (nSPS) is 27.5. The highest BCUT2D eigenvalue weighted by Crippen LogP contribution is 2.22. The molecule has 2 N–H and O–H groups in total. The summed E-state index contributed by atoms with van der Waals surface area (Å²) in [4.78, 5) is 0. The van der Waals surface area contributed by atoms with Crippen molar-refractivity contribution in [2.45, 2.75) is 72.1 Å². The molecule has 108 valence electrons. The first-order chi connectivity index (χ1) is 8.28. The van der Waals surface area contributed by atoms with Crippen LogP contribution in [-0.4, -0.2) is 36.5 Å². The van der Waals surface area contributed by atoms with Crippen molar-refractivity contribution in [2.75, 3.05) is 13.2 Å². The smallest absolute Gasteiger partial charge is 0.0669 e. The standard InChI is InChI=1S/C15H31NO2/c1-11(2)14-8-12(6-7-18-14)16-10-13(17)9-15(3,4)5/h11-14,16-17H,6-10H2,1-5H3.